The lowest BCUT2D eigenvalue weighted by Crippen LogP contribution is -2.27. The number of aromatic nitrogens is 1. The predicted molar refractivity (Wildman–Crippen MR) is 92.8 cm³/mol. The van der Waals surface area contributed by atoms with Crippen molar-refractivity contribution in [3.05, 3.63) is 52.9 Å². The minimum atomic E-state index is -0.149. The molecule has 0 aliphatic heterocycles. The van der Waals surface area contributed by atoms with Crippen molar-refractivity contribution in [1.82, 2.24) is 9.88 Å². The lowest BCUT2D eigenvalue weighted by Gasteiger charge is -2.07. The Labute approximate surface area is 137 Å². The van der Waals surface area contributed by atoms with Crippen molar-refractivity contribution in [2.24, 2.45) is 7.05 Å². The summed E-state index contributed by atoms with van der Waals surface area (Å²) >= 11 is 1.47. The molecule has 2 aromatic heterocycles. The van der Waals surface area contributed by atoms with Crippen LogP contribution in [-0.2, 0) is 11.8 Å². The molecule has 5 nitrogen and oxygen atoms in total. The lowest BCUT2D eigenvalue weighted by molar-refractivity contribution is -0.116. The van der Waals surface area contributed by atoms with Crippen molar-refractivity contribution in [2.45, 2.75) is 6.42 Å². The fourth-order valence-corrected chi connectivity index (χ4v) is 2.98. The molecule has 0 atom stereocenters. The van der Waals surface area contributed by atoms with E-state index in [1.54, 1.807) is 11.4 Å². The molecule has 0 bridgehead atoms. The minimum Gasteiger partial charge on any atom is -0.351 e. The third-order valence-corrected chi connectivity index (χ3v) is 4.28. The van der Waals surface area contributed by atoms with Gasteiger partial charge in [0, 0.05) is 48.4 Å². The predicted octanol–water partition coefficient (Wildman–Crippen LogP) is 3.00. The van der Waals surface area contributed by atoms with Gasteiger partial charge in [0.2, 0.25) is 5.91 Å². The van der Waals surface area contributed by atoms with E-state index in [9.17, 15) is 9.59 Å². The molecule has 0 aliphatic carbocycles. The van der Waals surface area contributed by atoms with E-state index in [4.69, 9.17) is 0 Å². The smallest absolute Gasteiger partial charge is 0.252 e. The van der Waals surface area contributed by atoms with E-state index in [1.807, 2.05) is 47.5 Å². The standard InChI is InChI=1S/C17H17N3O2S/c1-20-8-5-12-2-3-14(10-15(12)20)19-16(21)4-7-18-17(22)13-6-9-23-11-13/h2-3,5-6,8-11H,4,7H2,1H3,(H,18,22)(H,19,21). The fourth-order valence-electron chi connectivity index (χ4n) is 2.35. The van der Waals surface area contributed by atoms with Gasteiger partial charge in [0.05, 0.1) is 0 Å². The van der Waals surface area contributed by atoms with Gasteiger partial charge in [-0.15, -0.1) is 0 Å². The summed E-state index contributed by atoms with van der Waals surface area (Å²) in [5.74, 6) is -0.270. The molecule has 0 aliphatic rings. The minimum absolute atomic E-state index is 0.121. The SMILES string of the molecule is Cn1ccc2ccc(NC(=O)CCNC(=O)c3ccsc3)cc21. The molecule has 1 aromatic carbocycles. The van der Waals surface area contributed by atoms with Gasteiger partial charge in [0.1, 0.15) is 0 Å². The third kappa shape index (κ3) is 3.60. The van der Waals surface area contributed by atoms with Gasteiger partial charge in [-0.2, -0.15) is 11.3 Å². The number of amides is 2. The van der Waals surface area contributed by atoms with E-state index in [0.29, 0.717) is 12.1 Å². The van der Waals surface area contributed by atoms with E-state index in [2.05, 4.69) is 10.6 Å². The molecule has 2 heterocycles. The highest BCUT2D eigenvalue weighted by Gasteiger charge is 2.08. The van der Waals surface area contributed by atoms with Gasteiger partial charge < -0.3 is 15.2 Å². The molecule has 2 N–H and O–H groups in total. The third-order valence-electron chi connectivity index (χ3n) is 3.59. The highest BCUT2D eigenvalue weighted by atomic mass is 32.1. The molecule has 3 rings (SSSR count). The van der Waals surface area contributed by atoms with Crippen LogP contribution in [0.3, 0.4) is 0 Å². The summed E-state index contributed by atoms with van der Waals surface area (Å²) in [5.41, 5.74) is 2.45. The molecule has 0 radical (unpaired) electrons. The average molecular weight is 327 g/mol. The number of hydrogen-bond donors (Lipinski definition) is 2. The normalized spacial score (nSPS) is 10.7. The monoisotopic (exact) mass is 327 g/mol. The van der Waals surface area contributed by atoms with Gasteiger partial charge in [-0.25, -0.2) is 0 Å². The van der Waals surface area contributed by atoms with Crippen molar-refractivity contribution in [3.8, 4) is 0 Å². The van der Waals surface area contributed by atoms with Crippen LogP contribution in [0, 0.1) is 0 Å². The number of hydrogen-bond acceptors (Lipinski definition) is 3. The van der Waals surface area contributed by atoms with E-state index in [0.717, 1.165) is 16.6 Å². The van der Waals surface area contributed by atoms with Gasteiger partial charge in [0.15, 0.2) is 0 Å². The fraction of sp³-hybridized carbons (Fsp3) is 0.176. The Morgan fingerprint density at radius 1 is 1.22 bits per heavy atom. The van der Waals surface area contributed by atoms with Crippen LogP contribution in [0.1, 0.15) is 16.8 Å². The van der Waals surface area contributed by atoms with Crippen molar-refractivity contribution in [2.75, 3.05) is 11.9 Å². The van der Waals surface area contributed by atoms with Gasteiger partial charge >= 0.3 is 0 Å². The van der Waals surface area contributed by atoms with Crippen LogP contribution in [0.25, 0.3) is 10.9 Å². The van der Waals surface area contributed by atoms with E-state index in [-0.39, 0.29) is 18.2 Å². The van der Waals surface area contributed by atoms with E-state index in [1.165, 1.54) is 11.3 Å². The second-order valence-corrected chi connectivity index (χ2v) is 6.05. The molecule has 0 saturated heterocycles. The van der Waals surface area contributed by atoms with Gasteiger partial charge in [0.25, 0.3) is 5.91 Å². The molecule has 0 saturated carbocycles. The number of nitrogens with one attached hydrogen (secondary N) is 2. The van der Waals surface area contributed by atoms with Crippen molar-refractivity contribution >= 4 is 39.7 Å². The summed E-state index contributed by atoms with van der Waals surface area (Å²) in [7, 11) is 1.97. The average Bonchev–Trinajstić information content (AvgIpc) is 3.18. The first-order valence-corrected chi connectivity index (χ1v) is 8.23. The molecule has 2 amide bonds. The Balaban J connectivity index is 1.52. The van der Waals surface area contributed by atoms with E-state index < -0.39 is 0 Å². The van der Waals surface area contributed by atoms with Crippen LogP contribution in [0.15, 0.2) is 47.3 Å². The maximum Gasteiger partial charge on any atom is 0.252 e. The molecule has 118 valence electrons. The van der Waals surface area contributed by atoms with E-state index >= 15 is 0 Å². The Kier molecular flexibility index (Phi) is 4.43. The molecule has 3 aromatic rings. The molecule has 6 heteroatoms. The Morgan fingerprint density at radius 3 is 2.87 bits per heavy atom. The number of nitrogens with zero attached hydrogens (tertiary/aromatic N) is 1. The quantitative estimate of drug-likeness (QED) is 0.757. The number of carbonyl (C=O) groups is 2. The topological polar surface area (TPSA) is 63.1 Å². The zero-order chi connectivity index (χ0) is 16.2. The second kappa shape index (κ2) is 6.66. The maximum atomic E-state index is 12.0. The highest BCUT2D eigenvalue weighted by molar-refractivity contribution is 7.08. The van der Waals surface area contributed by atoms with Crippen LogP contribution < -0.4 is 10.6 Å². The van der Waals surface area contributed by atoms with Crippen LogP contribution in [0.5, 0.6) is 0 Å². The van der Waals surface area contributed by atoms with Gasteiger partial charge in [-0.05, 0) is 35.0 Å². The summed E-state index contributed by atoms with van der Waals surface area (Å²) in [6, 6.07) is 9.58. The number of rotatable bonds is 5. The first-order chi connectivity index (χ1) is 11.1. The Hall–Kier alpha value is -2.60. The zero-order valence-corrected chi connectivity index (χ0v) is 13.5. The summed E-state index contributed by atoms with van der Waals surface area (Å²) < 4.78 is 2.01. The first kappa shape index (κ1) is 15.3. The number of aryl methyl sites for hydroxylation is 1. The highest BCUT2D eigenvalue weighted by Crippen LogP contribution is 2.19. The zero-order valence-electron chi connectivity index (χ0n) is 12.7. The molecule has 0 unspecified atom stereocenters. The summed E-state index contributed by atoms with van der Waals surface area (Å²) in [5, 5.41) is 10.4. The summed E-state index contributed by atoms with van der Waals surface area (Å²) in [4.78, 5) is 23.7. The van der Waals surface area contributed by atoms with Crippen LogP contribution in [0.4, 0.5) is 5.69 Å². The van der Waals surface area contributed by atoms with Crippen LogP contribution in [0.2, 0.25) is 0 Å². The lowest BCUT2D eigenvalue weighted by atomic mass is 10.2. The van der Waals surface area contributed by atoms with Crippen LogP contribution >= 0.6 is 11.3 Å². The number of fused-ring (bicyclic) bond motifs is 1. The Bertz CT molecular complexity index is 837. The van der Waals surface area contributed by atoms with Gasteiger partial charge in [-0.1, -0.05) is 6.07 Å². The van der Waals surface area contributed by atoms with Crippen molar-refractivity contribution in [3.63, 3.8) is 0 Å². The largest absolute Gasteiger partial charge is 0.351 e. The number of anilines is 1. The van der Waals surface area contributed by atoms with Crippen molar-refractivity contribution < 1.29 is 9.59 Å². The molecular weight excluding hydrogens is 310 g/mol. The summed E-state index contributed by atoms with van der Waals surface area (Å²) in [6.07, 6.45) is 2.22. The number of carbonyl (C=O) groups excluding carboxylic acids is 2. The molecule has 23 heavy (non-hydrogen) atoms. The van der Waals surface area contributed by atoms with Gasteiger partial charge in [-0.3, -0.25) is 9.59 Å². The molecular formula is C17H17N3O2S. The summed E-state index contributed by atoms with van der Waals surface area (Å²) in [6.45, 7) is 0.312. The van der Waals surface area contributed by atoms with Crippen LogP contribution in [-0.4, -0.2) is 22.9 Å². The number of thiophene rings is 1. The maximum absolute atomic E-state index is 12.0. The number of benzene rings is 1. The second-order valence-electron chi connectivity index (χ2n) is 5.27. The Morgan fingerprint density at radius 2 is 2.09 bits per heavy atom. The first-order valence-electron chi connectivity index (χ1n) is 7.29. The molecule has 0 spiro atoms. The molecule has 0 fully saturated rings. The van der Waals surface area contributed by atoms with Crippen molar-refractivity contribution in [1.29, 1.82) is 0 Å².